The molecule has 74 valence electrons. The number of aliphatic carboxylic acids is 1. The number of hydrogen-bond donors (Lipinski definition) is 1. The minimum atomic E-state index is -0.970. The Morgan fingerprint density at radius 1 is 1.45 bits per heavy atom. The van der Waals surface area contributed by atoms with Gasteiger partial charge in [-0.3, -0.25) is 0 Å². The zero-order valence-corrected chi connectivity index (χ0v) is 9.54. The molecule has 11 heavy (non-hydrogen) atoms. The summed E-state index contributed by atoms with van der Waals surface area (Å²) in [5.41, 5.74) is 0. The summed E-state index contributed by atoms with van der Waals surface area (Å²) in [4.78, 5) is 10.0. The van der Waals surface area contributed by atoms with Gasteiger partial charge in [-0.05, 0) is 19.4 Å². The molecule has 0 aromatic rings. The van der Waals surface area contributed by atoms with Crippen molar-refractivity contribution in [2.24, 2.45) is 0 Å². The van der Waals surface area contributed by atoms with Gasteiger partial charge in [-0.1, -0.05) is 0 Å². The molecule has 1 heterocycles. The summed E-state index contributed by atoms with van der Waals surface area (Å²) in [6, 6.07) is -0.380. The van der Waals surface area contributed by atoms with Gasteiger partial charge >= 0.3 is 34.1 Å². The van der Waals surface area contributed by atoms with Crippen LogP contribution >= 0.6 is 0 Å². The van der Waals surface area contributed by atoms with Gasteiger partial charge in [0.1, 0.15) is 0 Å². The maximum absolute atomic E-state index is 10.0. The molecule has 0 aromatic carbocycles. The molecule has 0 unspecified atom stereocenters. The number of carboxylic acids is 1. The molecule has 1 rings (SSSR count). The van der Waals surface area contributed by atoms with Crippen LogP contribution in [0.2, 0.25) is 0 Å². The Bertz CT molecular complexity index is 109. The largest absolute Gasteiger partial charge is 1.00 e. The van der Waals surface area contributed by atoms with Gasteiger partial charge in [-0.2, -0.15) is 0 Å². The van der Waals surface area contributed by atoms with E-state index in [2.05, 4.69) is 5.32 Å². The molecule has 0 radical (unpaired) electrons. The van der Waals surface area contributed by atoms with Gasteiger partial charge < -0.3 is 39.2 Å². The topological polar surface area (TPSA) is 52.2 Å². The number of halogens is 1. The van der Waals surface area contributed by atoms with Gasteiger partial charge in [0.05, 0.1) is 5.97 Å². The van der Waals surface area contributed by atoms with Crippen molar-refractivity contribution >= 4 is 5.97 Å². The average Bonchev–Trinajstić information content (AvgIpc) is 2.12. The van der Waals surface area contributed by atoms with Crippen LogP contribution < -0.4 is 34.4 Å². The third-order valence-corrected chi connectivity index (χ3v) is 1.34. The number of hydrogen-bond acceptors (Lipinski definition) is 3. The molecule has 1 aliphatic heterocycles. The molecule has 1 N–H and O–H groups in total. The first-order valence-electron chi connectivity index (χ1n) is 2.75. The summed E-state index contributed by atoms with van der Waals surface area (Å²) < 4.78 is 0. The van der Waals surface area contributed by atoms with Crippen molar-refractivity contribution in [2.75, 3.05) is 6.54 Å². The molecular weight excluding hydrogens is 360 g/mol. The Morgan fingerprint density at radius 2 is 2.00 bits per heavy atom. The van der Waals surface area contributed by atoms with Gasteiger partial charge in [0, 0.05) is 6.04 Å². The molecule has 0 aromatic heterocycles. The summed E-state index contributed by atoms with van der Waals surface area (Å²) in [5, 5.41) is 12.8. The summed E-state index contributed by atoms with van der Waals surface area (Å²) in [6.07, 6.45) is 1.68. The van der Waals surface area contributed by atoms with Gasteiger partial charge in [0.15, 0.2) is 0 Å². The van der Waals surface area contributed by atoms with Crippen molar-refractivity contribution in [3.05, 3.63) is 0 Å². The molecule has 0 aliphatic carbocycles. The molecule has 6 heteroatoms. The molecule has 0 saturated carbocycles. The Morgan fingerprint density at radius 3 is 2.18 bits per heavy atom. The first-order chi connectivity index (χ1) is 3.80. The quantitative estimate of drug-likeness (QED) is 0.375. The van der Waals surface area contributed by atoms with E-state index < -0.39 is 5.97 Å². The van der Waals surface area contributed by atoms with E-state index in [0.717, 1.165) is 19.4 Å². The molecule has 0 spiro atoms. The predicted octanol–water partition coefficient (Wildman–Crippen LogP) is -4.51. The second-order valence-electron chi connectivity index (χ2n) is 1.97. The normalized spacial score (nSPS) is 20.5. The number of rotatable bonds is 1. The molecular formula is C5H8Cu2INO2. The van der Waals surface area contributed by atoms with Crippen molar-refractivity contribution in [2.45, 2.75) is 18.9 Å². The van der Waals surface area contributed by atoms with E-state index in [9.17, 15) is 9.90 Å². The van der Waals surface area contributed by atoms with Crippen molar-refractivity contribution in [1.82, 2.24) is 5.32 Å². The summed E-state index contributed by atoms with van der Waals surface area (Å²) in [5.74, 6) is -0.970. The van der Waals surface area contributed by atoms with Crippen LogP contribution in [0.1, 0.15) is 12.8 Å². The third kappa shape index (κ3) is 6.37. The van der Waals surface area contributed by atoms with E-state index in [0.29, 0.717) is 0 Å². The fourth-order valence-corrected chi connectivity index (χ4v) is 0.886. The maximum atomic E-state index is 10.0. The van der Waals surface area contributed by atoms with E-state index in [1.54, 1.807) is 0 Å². The van der Waals surface area contributed by atoms with E-state index in [-0.39, 0.29) is 64.2 Å². The first-order valence-corrected chi connectivity index (χ1v) is 2.75. The van der Waals surface area contributed by atoms with Crippen molar-refractivity contribution in [1.29, 1.82) is 0 Å². The maximum Gasteiger partial charge on any atom is 1.00 e. The van der Waals surface area contributed by atoms with Crippen LogP contribution in [0.3, 0.4) is 0 Å². The number of carboxylic acid groups (broad SMARTS) is 1. The van der Waals surface area contributed by atoms with Gasteiger partial charge in [0.25, 0.3) is 0 Å². The Balaban J connectivity index is -0.000000213. The smallest absolute Gasteiger partial charge is 1.00 e. The molecule has 1 atom stereocenters. The Kier molecular flexibility index (Phi) is 15.3. The third-order valence-electron chi connectivity index (χ3n) is 1.34. The van der Waals surface area contributed by atoms with E-state index in [1.165, 1.54) is 0 Å². The SMILES string of the molecule is O=C([O-])[C@@H]1CCCN1.[Cu+].[Cu+].[I-]. The van der Waals surface area contributed by atoms with Crippen LogP contribution in [0.5, 0.6) is 0 Å². The van der Waals surface area contributed by atoms with E-state index in [4.69, 9.17) is 0 Å². The van der Waals surface area contributed by atoms with Crippen molar-refractivity contribution < 1.29 is 68.0 Å². The van der Waals surface area contributed by atoms with Crippen LogP contribution in [0.4, 0.5) is 0 Å². The van der Waals surface area contributed by atoms with Crippen LogP contribution in [0, 0.1) is 0 Å². The van der Waals surface area contributed by atoms with Crippen LogP contribution in [-0.4, -0.2) is 18.6 Å². The molecule has 1 aliphatic rings. The summed E-state index contributed by atoms with van der Waals surface area (Å²) >= 11 is 0. The average molecular weight is 368 g/mol. The van der Waals surface area contributed by atoms with Crippen molar-refractivity contribution in [3.63, 3.8) is 0 Å². The summed E-state index contributed by atoms with van der Waals surface area (Å²) in [6.45, 7) is 0.818. The zero-order chi connectivity index (χ0) is 5.98. The van der Waals surface area contributed by atoms with Crippen LogP contribution in [-0.2, 0) is 38.9 Å². The van der Waals surface area contributed by atoms with E-state index in [1.807, 2.05) is 0 Å². The standard InChI is InChI=1S/C5H9NO2.2Cu.HI/c7-5(8)4-2-1-3-6-4;;;/h4,6H,1-3H2,(H,7,8);;;1H/q;2*+1;/p-2/t4-;;;/m0.../s1. The molecule has 0 bridgehead atoms. The fourth-order valence-electron chi connectivity index (χ4n) is 0.886. The molecule has 3 nitrogen and oxygen atoms in total. The number of carbonyl (C=O) groups excluding carboxylic acids is 1. The second-order valence-corrected chi connectivity index (χ2v) is 1.97. The molecule has 1 fully saturated rings. The summed E-state index contributed by atoms with van der Waals surface area (Å²) in [7, 11) is 0. The Hall–Kier alpha value is 1.20. The monoisotopic (exact) mass is 367 g/mol. The molecule has 1 saturated heterocycles. The Labute approximate surface area is 104 Å². The van der Waals surface area contributed by atoms with Gasteiger partial charge in [0.2, 0.25) is 0 Å². The number of carbonyl (C=O) groups is 1. The van der Waals surface area contributed by atoms with Crippen molar-refractivity contribution in [3.8, 4) is 0 Å². The van der Waals surface area contributed by atoms with Crippen LogP contribution in [0.15, 0.2) is 0 Å². The van der Waals surface area contributed by atoms with Gasteiger partial charge in [-0.25, -0.2) is 0 Å². The number of nitrogens with one attached hydrogen (secondary N) is 1. The van der Waals surface area contributed by atoms with E-state index >= 15 is 0 Å². The predicted molar refractivity (Wildman–Crippen MR) is 26.0 cm³/mol. The van der Waals surface area contributed by atoms with Crippen LogP contribution in [0.25, 0.3) is 0 Å². The zero-order valence-electron chi connectivity index (χ0n) is 5.50. The molecule has 0 amide bonds. The fraction of sp³-hybridized carbons (Fsp3) is 0.800. The first kappa shape index (κ1) is 18.1. The minimum Gasteiger partial charge on any atom is -1.00 e. The van der Waals surface area contributed by atoms with Gasteiger partial charge in [-0.15, -0.1) is 0 Å². The minimum absolute atomic E-state index is 0. The second kappa shape index (κ2) is 9.29.